The van der Waals surface area contributed by atoms with E-state index < -0.39 is 23.9 Å². The lowest BCUT2D eigenvalue weighted by Crippen LogP contribution is -2.02. The fourth-order valence-electron chi connectivity index (χ4n) is 2.70. The van der Waals surface area contributed by atoms with Crippen LogP contribution in [0, 0.1) is 18.6 Å². The van der Waals surface area contributed by atoms with Crippen LogP contribution in [0.4, 0.5) is 17.6 Å². The normalized spacial score (nSPS) is 11.6. The number of rotatable bonds is 4. The highest BCUT2D eigenvalue weighted by Crippen LogP contribution is 2.22. The Morgan fingerprint density at radius 3 is 2.56 bits per heavy atom. The van der Waals surface area contributed by atoms with Gasteiger partial charge in [0.05, 0.1) is 5.69 Å². The van der Waals surface area contributed by atoms with Crippen molar-refractivity contribution in [2.45, 2.75) is 19.8 Å². The Balaban J connectivity index is 1.79. The van der Waals surface area contributed by atoms with Crippen molar-refractivity contribution in [1.82, 2.24) is 29.5 Å². The maximum absolute atomic E-state index is 13.8. The van der Waals surface area contributed by atoms with Crippen molar-refractivity contribution in [2.24, 2.45) is 0 Å². The minimum Gasteiger partial charge on any atom is -0.303 e. The molecule has 0 spiro atoms. The maximum atomic E-state index is 13.8. The summed E-state index contributed by atoms with van der Waals surface area (Å²) in [5.41, 5.74) is 1.42. The molecule has 10 heteroatoms. The summed E-state index contributed by atoms with van der Waals surface area (Å²) < 4.78 is 54.8. The van der Waals surface area contributed by atoms with Gasteiger partial charge < -0.3 is 4.40 Å². The third-order valence-electron chi connectivity index (χ3n) is 4.09. The molecule has 0 bridgehead atoms. The molecule has 0 unspecified atom stereocenters. The van der Waals surface area contributed by atoms with Gasteiger partial charge in [-0.1, -0.05) is 0 Å². The Hall–Kier alpha value is -3.30. The first-order chi connectivity index (χ1) is 12.9. The van der Waals surface area contributed by atoms with E-state index in [-0.39, 0.29) is 23.5 Å². The first-order valence-electron chi connectivity index (χ1n) is 7.90. The fourth-order valence-corrected chi connectivity index (χ4v) is 2.70. The number of benzene rings is 1. The average Bonchev–Trinajstić information content (AvgIpc) is 3.28. The fraction of sp³-hybridized carbons (Fsp3) is 0.176. The minimum atomic E-state index is -2.79. The van der Waals surface area contributed by atoms with Gasteiger partial charge >= 0.3 is 0 Å². The van der Waals surface area contributed by atoms with E-state index >= 15 is 0 Å². The van der Waals surface area contributed by atoms with Crippen molar-refractivity contribution in [2.75, 3.05) is 0 Å². The summed E-state index contributed by atoms with van der Waals surface area (Å²) in [6.45, 7) is 1.35. The molecule has 0 saturated carbocycles. The highest BCUT2D eigenvalue weighted by Gasteiger charge is 2.17. The molecule has 4 rings (SSSR count). The number of aromatic nitrogens is 6. The Kier molecular flexibility index (Phi) is 4.09. The van der Waals surface area contributed by atoms with E-state index in [2.05, 4.69) is 25.1 Å². The molecule has 0 aliphatic carbocycles. The second-order valence-corrected chi connectivity index (χ2v) is 5.94. The van der Waals surface area contributed by atoms with Crippen molar-refractivity contribution in [3.8, 4) is 11.5 Å². The summed E-state index contributed by atoms with van der Waals surface area (Å²) in [7, 11) is 0. The van der Waals surface area contributed by atoms with Crippen LogP contribution in [0.1, 0.15) is 29.1 Å². The molecule has 3 aromatic heterocycles. The predicted octanol–water partition coefficient (Wildman–Crippen LogP) is 3.63. The van der Waals surface area contributed by atoms with Gasteiger partial charge in [-0.05, 0) is 24.6 Å². The van der Waals surface area contributed by atoms with E-state index in [0.717, 1.165) is 0 Å². The van der Waals surface area contributed by atoms with Crippen LogP contribution in [-0.4, -0.2) is 29.5 Å². The number of fused-ring (bicyclic) bond motifs is 1. The number of nitrogens with one attached hydrogen (secondary N) is 1. The highest BCUT2D eigenvalue weighted by molar-refractivity contribution is 5.55. The molecule has 0 atom stereocenters. The van der Waals surface area contributed by atoms with Gasteiger partial charge in [-0.15, -0.1) is 0 Å². The number of imidazole rings is 1. The van der Waals surface area contributed by atoms with Gasteiger partial charge in [0.25, 0.3) is 6.43 Å². The van der Waals surface area contributed by atoms with Gasteiger partial charge in [-0.3, -0.25) is 5.10 Å². The molecule has 0 fully saturated rings. The lowest BCUT2D eigenvalue weighted by molar-refractivity contribution is 0.141. The smallest absolute Gasteiger partial charge is 0.296 e. The number of hydrogen-bond acceptors (Lipinski definition) is 4. The lowest BCUT2D eigenvalue weighted by atomic mass is 10.1. The first kappa shape index (κ1) is 17.1. The zero-order valence-electron chi connectivity index (χ0n) is 13.9. The summed E-state index contributed by atoms with van der Waals surface area (Å²) in [6.07, 6.45) is 2.01. The molecule has 0 radical (unpaired) electrons. The van der Waals surface area contributed by atoms with Gasteiger partial charge in [-0.2, -0.15) is 5.10 Å². The molecular weight excluding hydrogens is 364 g/mol. The summed E-state index contributed by atoms with van der Waals surface area (Å²) in [4.78, 5) is 12.3. The van der Waals surface area contributed by atoms with E-state index in [0.29, 0.717) is 16.9 Å². The summed E-state index contributed by atoms with van der Waals surface area (Å²) in [5, 5.41) is 5.92. The molecular formula is C17H12F4N6. The van der Waals surface area contributed by atoms with Crippen LogP contribution in [0.15, 0.2) is 30.7 Å². The van der Waals surface area contributed by atoms with Gasteiger partial charge in [0.15, 0.2) is 11.5 Å². The van der Waals surface area contributed by atoms with Crippen molar-refractivity contribution in [3.05, 3.63) is 65.0 Å². The van der Waals surface area contributed by atoms with Crippen LogP contribution in [-0.2, 0) is 6.42 Å². The second-order valence-electron chi connectivity index (χ2n) is 5.94. The summed E-state index contributed by atoms with van der Waals surface area (Å²) in [6, 6.07) is 2.46. The maximum Gasteiger partial charge on any atom is 0.296 e. The number of hydrogen-bond donors (Lipinski definition) is 1. The third-order valence-corrected chi connectivity index (χ3v) is 4.09. The second kappa shape index (κ2) is 6.45. The SMILES string of the molecule is Cc1c(F)cc(Cc2nc(-c3n[nH]c(C(F)F)n3)cn3ccnc23)cc1F. The summed E-state index contributed by atoms with van der Waals surface area (Å²) >= 11 is 0. The molecule has 3 heterocycles. The van der Waals surface area contributed by atoms with Crippen LogP contribution >= 0.6 is 0 Å². The molecule has 138 valence electrons. The third kappa shape index (κ3) is 3.14. The molecule has 0 aliphatic heterocycles. The summed E-state index contributed by atoms with van der Waals surface area (Å²) in [5.74, 6) is -1.89. The molecule has 27 heavy (non-hydrogen) atoms. The number of nitrogens with zero attached hydrogens (tertiary/aromatic N) is 5. The average molecular weight is 376 g/mol. The Morgan fingerprint density at radius 2 is 1.89 bits per heavy atom. The zero-order valence-corrected chi connectivity index (χ0v) is 13.9. The molecule has 1 N–H and O–H groups in total. The molecule has 0 amide bonds. The number of alkyl halides is 2. The van der Waals surface area contributed by atoms with Crippen LogP contribution in [0.3, 0.4) is 0 Å². The van der Waals surface area contributed by atoms with Gasteiger partial charge in [0, 0.05) is 30.6 Å². The van der Waals surface area contributed by atoms with E-state index in [4.69, 9.17) is 0 Å². The standard InChI is InChI=1S/C17H12F4N6/c1-8-10(18)4-9(5-11(8)19)6-12-17-22-2-3-27(17)7-13(23-12)15-24-16(14(20)21)26-25-15/h2-5,7,14H,6H2,1H3,(H,24,25,26). The molecule has 6 nitrogen and oxygen atoms in total. The largest absolute Gasteiger partial charge is 0.303 e. The zero-order chi connectivity index (χ0) is 19.1. The topological polar surface area (TPSA) is 71.8 Å². The predicted molar refractivity (Wildman–Crippen MR) is 87.2 cm³/mol. The van der Waals surface area contributed by atoms with E-state index in [9.17, 15) is 17.6 Å². The molecule has 0 saturated heterocycles. The quantitative estimate of drug-likeness (QED) is 0.552. The highest BCUT2D eigenvalue weighted by atomic mass is 19.3. The lowest BCUT2D eigenvalue weighted by Gasteiger charge is -2.08. The molecule has 0 aliphatic rings. The van der Waals surface area contributed by atoms with E-state index in [1.807, 2.05) is 0 Å². The Morgan fingerprint density at radius 1 is 1.15 bits per heavy atom. The Labute approximate surface area is 149 Å². The van der Waals surface area contributed by atoms with Crippen molar-refractivity contribution < 1.29 is 17.6 Å². The van der Waals surface area contributed by atoms with Crippen molar-refractivity contribution in [1.29, 1.82) is 0 Å². The van der Waals surface area contributed by atoms with Crippen molar-refractivity contribution in [3.63, 3.8) is 0 Å². The molecule has 1 aromatic carbocycles. The monoisotopic (exact) mass is 376 g/mol. The minimum absolute atomic E-state index is 0.0107. The number of H-pyrrole nitrogens is 1. The van der Waals surface area contributed by atoms with Crippen LogP contribution in [0.2, 0.25) is 0 Å². The van der Waals surface area contributed by atoms with E-state index in [1.54, 1.807) is 16.8 Å². The van der Waals surface area contributed by atoms with Crippen LogP contribution in [0.5, 0.6) is 0 Å². The van der Waals surface area contributed by atoms with Crippen LogP contribution in [0.25, 0.3) is 17.2 Å². The van der Waals surface area contributed by atoms with E-state index in [1.165, 1.54) is 25.3 Å². The Bertz CT molecular complexity index is 1110. The van der Waals surface area contributed by atoms with Gasteiger partial charge in [-0.25, -0.2) is 32.5 Å². The van der Waals surface area contributed by atoms with Gasteiger partial charge in [0.2, 0.25) is 5.82 Å². The number of halogens is 4. The first-order valence-corrected chi connectivity index (χ1v) is 7.90. The van der Waals surface area contributed by atoms with Gasteiger partial charge in [0.1, 0.15) is 17.3 Å². The van der Waals surface area contributed by atoms with Crippen LogP contribution < -0.4 is 0 Å². The van der Waals surface area contributed by atoms with Crippen molar-refractivity contribution >= 4 is 5.65 Å². The molecule has 4 aromatic rings. The number of aromatic amines is 1.